The van der Waals surface area contributed by atoms with Crippen LogP contribution in [0, 0.1) is 11.7 Å². The Balaban J connectivity index is 1.85. The van der Waals surface area contributed by atoms with Crippen LogP contribution in [0.15, 0.2) is 24.3 Å². The fourth-order valence-corrected chi connectivity index (χ4v) is 2.92. The van der Waals surface area contributed by atoms with E-state index in [1.807, 2.05) is 11.8 Å². The molecule has 0 bridgehead atoms. The number of hydrogen-bond donors (Lipinski definition) is 1. The molecule has 24 heavy (non-hydrogen) atoms. The summed E-state index contributed by atoms with van der Waals surface area (Å²) in [6, 6.07) is 5.73. The zero-order chi connectivity index (χ0) is 17.5. The summed E-state index contributed by atoms with van der Waals surface area (Å²) in [4.78, 5) is 26.3. The molecule has 2 unspecified atom stereocenters. The van der Waals surface area contributed by atoms with E-state index in [1.54, 1.807) is 19.1 Å². The summed E-state index contributed by atoms with van der Waals surface area (Å²) < 4.78 is 18.0. The van der Waals surface area contributed by atoms with Crippen molar-refractivity contribution in [2.75, 3.05) is 19.7 Å². The monoisotopic (exact) mass is 336 g/mol. The largest absolute Gasteiger partial charge is 0.466 e. The van der Waals surface area contributed by atoms with Crippen LogP contribution in [0.25, 0.3) is 0 Å². The van der Waals surface area contributed by atoms with Crippen molar-refractivity contribution in [3.05, 3.63) is 35.6 Å². The second-order valence-electron chi connectivity index (χ2n) is 6.11. The number of likely N-dealkylation sites (tertiary alicyclic amines) is 1. The third kappa shape index (κ3) is 5.03. The molecule has 1 N–H and O–H groups in total. The van der Waals surface area contributed by atoms with Crippen LogP contribution in [0.5, 0.6) is 0 Å². The van der Waals surface area contributed by atoms with Crippen molar-refractivity contribution < 1.29 is 18.7 Å². The van der Waals surface area contributed by atoms with E-state index in [2.05, 4.69) is 5.32 Å². The van der Waals surface area contributed by atoms with Crippen molar-refractivity contribution in [1.29, 1.82) is 0 Å². The van der Waals surface area contributed by atoms with E-state index in [4.69, 9.17) is 4.74 Å². The van der Waals surface area contributed by atoms with Crippen molar-refractivity contribution in [1.82, 2.24) is 10.2 Å². The summed E-state index contributed by atoms with van der Waals surface area (Å²) in [5.74, 6) is -0.729. The third-order valence-corrected chi connectivity index (χ3v) is 4.38. The fraction of sp³-hybridized carbons (Fsp3) is 0.556. The maximum atomic E-state index is 12.9. The highest BCUT2D eigenvalue weighted by molar-refractivity contribution is 5.81. The summed E-state index contributed by atoms with van der Waals surface area (Å²) in [5, 5.41) is 2.87. The lowest BCUT2D eigenvalue weighted by atomic mass is 9.97. The lowest BCUT2D eigenvalue weighted by molar-refractivity contribution is -0.151. The van der Waals surface area contributed by atoms with Gasteiger partial charge < -0.3 is 10.1 Å². The molecule has 132 valence electrons. The maximum absolute atomic E-state index is 12.9. The van der Waals surface area contributed by atoms with Gasteiger partial charge in [-0.2, -0.15) is 0 Å². The van der Waals surface area contributed by atoms with E-state index in [0.717, 1.165) is 24.9 Å². The third-order valence-electron chi connectivity index (χ3n) is 4.38. The summed E-state index contributed by atoms with van der Waals surface area (Å²) in [6.45, 7) is 5.71. The Kier molecular flexibility index (Phi) is 6.73. The van der Waals surface area contributed by atoms with E-state index in [1.165, 1.54) is 12.1 Å². The molecule has 2 rings (SSSR count). The van der Waals surface area contributed by atoms with Gasteiger partial charge in [-0.15, -0.1) is 0 Å². The first kappa shape index (κ1) is 18.4. The normalized spacial score (nSPS) is 19.5. The van der Waals surface area contributed by atoms with Gasteiger partial charge in [0.15, 0.2) is 0 Å². The van der Waals surface area contributed by atoms with Crippen molar-refractivity contribution in [3.8, 4) is 0 Å². The average molecular weight is 336 g/mol. The molecule has 0 saturated carbocycles. The van der Waals surface area contributed by atoms with E-state index < -0.39 is 0 Å². The highest BCUT2D eigenvalue weighted by Crippen LogP contribution is 2.20. The molecule has 6 heteroatoms. The first-order chi connectivity index (χ1) is 11.5. The Morgan fingerprint density at radius 3 is 2.75 bits per heavy atom. The van der Waals surface area contributed by atoms with Crippen molar-refractivity contribution in [2.45, 2.75) is 39.3 Å². The topological polar surface area (TPSA) is 58.6 Å². The van der Waals surface area contributed by atoms with Crippen molar-refractivity contribution in [2.24, 2.45) is 5.92 Å². The zero-order valence-corrected chi connectivity index (χ0v) is 14.3. The number of carbonyl (C=O) groups is 2. The zero-order valence-electron chi connectivity index (χ0n) is 14.3. The van der Waals surface area contributed by atoms with Gasteiger partial charge in [-0.25, -0.2) is 4.39 Å². The lowest BCUT2D eigenvalue weighted by Crippen LogP contribution is -2.50. The van der Waals surface area contributed by atoms with Crippen LogP contribution in [0.4, 0.5) is 4.39 Å². The summed E-state index contributed by atoms with van der Waals surface area (Å²) in [6.07, 6.45) is 1.68. The molecule has 0 aromatic heterocycles. The van der Waals surface area contributed by atoms with E-state index >= 15 is 0 Å². The lowest BCUT2D eigenvalue weighted by Gasteiger charge is -2.35. The van der Waals surface area contributed by atoms with Gasteiger partial charge in [0.25, 0.3) is 0 Å². The molecular formula is C18H25FN2O3. The van der Waals surface area contributed by atoms with Crippen LogP contribution < -0.4 is 5.32 Å². The number of esters is 1. The number of piperidine rings is 1. The smallest absolute Gasteiger partial charge is 0.310 e. The van der Waals surface area contributed by atoms with Gasteiger partial charge in [0, 0.05) is 13.1 Å². The number of nitrogens with one attached hydrogen (secondary N) is 1. The summed E-state index contributed by atoms with van der Waals surface area (Å²) in [5.41, 5.74) is 0.847. The molecule has 2 atom stereocenters. The molecule has 1 heterocycles. The molecular weight excluding hydrogens is 311 g/mol. The van der Waals surface area contributed by atoms with Crippen LogP contribution in [0.1, 0.15) is 32.3 Å². The maximum Gasteiger partial charge on any atom is 0.310 e. The van der Waals surface area contributed by atoms with E-state index in [9.17, 15) is 14.0 Å². The van der Waals surface area contributed by atoms with Crippen LogP contribution in [-0.2, 0) is 20.9 Å². The molecule has 1 fully saturated rings. The minimum atomic E-state index is -0.317. The first-order valence-electron chi connectivity index (χ1n) is 8.44. The second-order valence-corrected chi connectivity index (χ2v) is 6.11. The van der Waals surface area contributed by atoms with Crippen LogP contribution in [0.2, 0.25) is 0 Å². The Hall–Kier alpha value is -1.95. The summed E-state index contributed by atoms with van der Waals surface area (Å²) >= 11 is 0. The number of nitrogens with zero attached hydrogens (tertiary/aromatic N) is 1. The van der Waals surface area contributed by atoms with E-state index in [0.29, 0.717) is 19.7 Å². The molecule has 1 saturated heterocycles. The van der Waals surface area contributed by atoms with Crippen molar-refractivity contribution in [3.63, 3.8) is 0 Å². The van der Waals surface area contributed by atoms with Gasteiger partial charge in [0.1, 0.15) is 5.82 Å². The molecule has 0 aliphatic carbocycles. The fourth-order valence-electron chi connectivity index (χ4n) is 2.92. The Labute approximate surface area is 142 Å². The number of benzene rings is 1. The number of carbonyl (C=O) groups excluding carboxylic acids is 2. The van der Waals surface area contributed by atoms with Gasteiger partial charge >= 0.3 is 5.97 Å². The Morgan fingerprint density at radius 2 is 2.08 bits per heavy atom. The number of rotatable bonds is 6. The highest BCUT2D eigenvalue weighted by Gasteiger charge is 2.31. The van der Waals surface area contributed by atoms with Gasteiger partial charge in [0.05, 0.1) is 18.6 Å². The molecule has 1 aromatic carbocycles. The average Bonchev–Trinajstić information content (AvgIpc) is 2.60. The molecule has 1 aliphatic rings. The summed E-state index contributed by atoms with van der Waals surface area (Å²) in [7, 11) is 0. The number of ether oxygens (including phenoxy) is 1. The molecule has 1 amide bonds. The predicted molar refractivity (Wildman–Crippen MR) is 88.6 cm³/mol. The molecule has 0 radical (unpaired) electrons. The van der Waals surface area contributed by atoms with Gasteiger partial charge in [-0.3, -0.25) is 14.5 Å². The molecule has 1 aliphatic heterocycles. The Morgan fingerprint density at radius 1 is 1.38 bits per heavy atom. The molecule has 1 aromatic rings. The van der Waals surface area contributed by atoms with Gasteiger partial charge in [0.2, 0.25) is 5.91 Å². The number of hydrogen-bond acceptors (Lipinski definition) is 4. The van der Waals surface area contributed by atoms with Crippen LogP contribution in [0.3, 0.4) is 0 Å². The predicted octanol–water partition coefficient (Wildman–Crippen LogP) is 2.11. The van der Waals surface area contributed by atoms with Crippen LogP contribution >= 0.6 is 0 Å². The SMILES string of the molecule is CCOC(=O)C1CCCN(C(C)C(=O)NCc2ccc(F)cc2)C1. The minimum absolute atomic E-state index is 0.0937. The second kappa shape index (κ2) is 8.78. The quantitative estimate of drug-likeness (QED) is 0.809. The van der Waals surface area contributed by atoms with Crippen LogP contribution in [-0.4, -0.2) is 42.5 Å². The van der Waals surface area contributed by atoms with Gasteiger partial charge in [-0.05, 0) is 50.9 Å². The molecule has 0 spiro atoms. The number of amides is 1. The van der Waals surface area contributed by atoms with Gasteiger partial charge in [-0.1, -0.05) is 12.1 Å². The number of halogens is 1. The van der Waals surface area contributed by atoms with Crippen molar-refractivity contribution >= 4 is 11.9 Å². The standard InChI is InChI=1S/C18H25FN2O3/c1-3-24-18(23)15-5-4-10-21(12-15)13(2)17(22)20-11-14-6-8-16(19)9-7-14/h6-9,13,15H,3-5,10-12H2,1-2H3,(H,20,22). The first-order valence-corrected chi connectivity index (χ1v) is 8.44. The molecule has 5 nitrogen and oxygen atoms in total. The van der Waals surface area contributed by atoms with E-state index in [-0.39, 0.29) is 29.7 Å². The Bertz CT molecular complexity index is 562. The highest BCUT2D eigenvalue weighted by atomic mass is 19.1. The minimum Gasteiger partial charge on any atom is -0.466 e.